The van der Waals surface area contributed by atoms with Crippen LogP contribution in [0, 0.1) is 5.92 Å². The van der Waals surface area contributed by atoms with Crippen molar-refractivity contribution in [1.82, 2.24) is 19.7 Å². The van der Waals surface area contributed by atoms with Crippen LogP contribution in [0.15, 0.2) is 11.1 Å². The Kier molecular flexibility index (Phi) is 4.08. The summed E-state index contributed by atoms with van der Waals surface area (Å²) in [7, 11) is 1.71. The number of rotatable bonds is 5. The van der Waals surface area contributed by atoms with E-state index in [2.05, 4.69) is 31.2 Å². The molecule has 0 aliphatic carbocycles. The Morgan fingerprint density at radius 3 is 2.60 bits per heavy atom. The number of nitrogens with zero attached hydrogens (tertiary/aromatic N) is 3. The van der Waals surface area contributed by atoms with Crippen LogP contribution < -0.4 is 11.0 Å². The summed E-state index contributed by atoms with van der Waals surface area (Å²) in [5.74, 6) is 0.403. The monoisotopic (exact) mass is 212 g/mol. The molecule has 1 N–H and O–H groups in total. The minimum absolute atomic E-state index is 0.0496. The molecule has 15 heavy (non-hydrogen) atoms. The van der Waals surface area contributed by atoms with E-state index in [1.54, 1.807) is 13.4 Å². The highest BCUT2D eigenvalue weighted by molar-refractivity contribution is 4.68. The summed E-state index contributed by atoms with van der Waals surface area (Å²) in [5.41, 5.74) is -0.0496. The number of aryl methyl sites for hydroxylation is 1. The van der Waals surface area contributed by atoms with Crippen LogP contribution in [0.1, 0.15) is 20.8 Å². The van der Waals surface area contributed by atoms with E-state index in [0.717, 1.165) is 6.54 Å². The van der Waals surface area contributed by atoms with Gasteiger partial charge in [-0.25, -0.2) is 9.48 Å². The topological polar surface area (TPSA) is 51.9 Å². The summed E-state index contributed by atoms with van der Waals surface area (Å²) >= 11 is 0. The third-order valence-corrected chi connectivity index (χ3v) is 2.25. The van der Waals surface area contributed by atoms with Crippen molar-refractivity contribution in [2.45, 2.75) is 33.4 Å². The predicted molar refractivity (Wildman–Crippen MR) is 59.8 cm³/mol. The van der Waals surface area contributed by atoms with E-state index in [9.17, 15) is 4.79 Å². The Balaban J connectivity index is 2.48. The van der Waals surface area contributed by atoms with E-state index in [1.807, 2.05) is 0 Å². The van der Waals surface area contributed by atoms with Crippen LogP contribution in [0.4, 0.5) is 0 Å². The predicted octanol–water partition coefficient (Wildman–Crippen LogP) is 0.216. The Bertz CT molecular complexity index is 353. The minimum Gasteiger partial charge on any atom is -0.314 e. The highest BCUT2D eigenvalue weighted by Crippen LogP contribution is 1.96. The molecule has 0 spiro atoms. The Hall–Kier alpha value is -1.10. The molecule has 0 amide bonds. The molecule has 0 fully saturated rings. The zero-order chi connectivity index (χ0) is 11.4. The molecule has 1 unspecified atom stereocenters. The second-order valence-electron chi connectivity index (χ2n) is 4.37. The van der Waals surface area contributed by atoms with Crippen LogP contribution in [0.2, 0.25) is 0 Å². The van der Waals surface area contributed by atoms with E-state index < -0.39 is 0 Å². The lowest BCUT2D eigenvalue weighted by Gasteiger charge is -2.14. The molecular weight excluding hydrogens is 192 g/mol. The molecular formula is C10H20N4O. The molecule has 1 aromatic rings. The van der Waals surface area contributed by atoms with Gasteiger partial charge in [0, 0.05) is 13.1 Å². The smallest absolute Gasteiger partial charge is 0.314 e. The first kappa shape index (κ1) is 12.0. The molecule has 86 valence electrons. The lowest BCUT2D eigenvalue weighted by molar-refractivity contribution is 0.399. The SMILES string of the molecule is CC(CNC(C)C)Cn1ncn(C)c1=O. The molecule has 0 bridgehead atoms. The molecule has 1 heterocycles. The van der Waals surface area contributed by atoms with E-state index in [1.165, 1.54) is 9.25 Å². The highest BCUT2D eigenvalue weighted by atomic mass is 16.2. The van der Waals surface area contributed by atoms with Crippen LogP contribution in [-0.2, 0) is 13.6 Å². The second kappa shape index (κ2) is 5.11. The summed E-state index contributed by atoms with van der Waals surface area (Å²) in [6.45, 7) is 7.90. The van der Waals surface area contributed by atoms with Crippen LogP contribution >= 0.6 is 0 Å². The maximum Gasteiger partial charge on any atom is 0.345 e. The van der Waals surface area contributed by atoms with Crippen molar-refractivity contribution in [1.29, 1.82) is 0 Å². The van der Waals surface area contributed by atoms with Gasteiger partial charge in [-0.2, -0.15) is 5.10 Å². The van der Waals surface area contributed by atoms with Crippen LogP contribution in [0.3, 0.4) is 0 Å². The van der Waals surface area contributed by atoms with Gasteiger partial charge in [0.25, 0.3) is 0 Å². The lowest BCUT2D eigenvalue weighted by atomic mass is 10.2. The van der Waals surface area contributed by atoms with Crippen molar-refractivity contribution in [3.63, 3.8) is 0 Å². The molecule has 0 aliphatic rings. The van der Waals surface area contributed by atoms with Gasteiger partial charge in [-0.3, -0.25) is 4.57 Å². The van der Waals surface area contributed by atoms with Crippen LogP contribution in [-0.4, -0.2) is 26.9 Å². The van der Waals surface area contributed by atoms with Gasteiger partial charge in [0.1, 0.15) is 6.33 Å². The third-order valence-electron chi connectivity index (χ3n) is 2.25. The van der Waals surface area contributed by atoms with Crippen molar-refractivity contribution in [2.24, 2.45) is 13.0 Å². The molecule has 0 aliphatic heterocycles. The van der Waals surface area contributed by atoms with Crippen LogP contribution in [0.25, 0.3) is 0 Å². The Labute approximate surface area is 90.1 Å². The van der Waals surface area contributed by atoms with Crippen molar-refractivity contribution < 1.29 is 0 Å². The van der Waals surface area contributed by atoms with E-state index >= 15 is 0 Å². The highest BCUT2D eigenvalue weighted by Gasteiger charge is 2.07. The fourth-order valence-corrected chi connectivity index (χ4v) is 1.34. The lowest BCUT2D eigenvalue weighted by Crippen LogP contribution is -2.32. The van der Waals surface area contributed by atoms with Crippen molar-refractivity contribution in [2.75, 3.05) is 6.54 Å². The quantitative estimate of drug-likeness (QED) is 0.759. The Morgan fingerprint density at radius 2 is 2.13 bits per heavy atom. The largest absolute Gasteiger partial charge is 0.345 e. The first-order valence-electron chi connectivity index (χ1n) is 5.32. The van der Waals surface area contributed by atoms with E-state index in [4.69, 9.17) is 0 Å². The van der Waals surface area contributed by atoms with Gasteiger partial charge in [-0.1, -0.05) is 20.8 Å². The number of hydrogen-bond acceptors (Lipinski definition) is 3. The summed E-state index contributed by atoms with van der Waals surface area (Å²) in [5, 5.41) is 7.36. The molecule has 5 heteroatoms. The van der Waals surface area contributed by atoms with Gasteiger partial charge in [-0.15, -0.1) is 0 Å². The Morgan fingerprint density at radius 1 is 1.47 bits per heavy atom. The summed E-state index contributed by atoms with van der Waals surface area (Å²) in [4.78, 5) is 11.5. The van der Waals surface area contributed by atoms with Crippen molar-refractivity contribution in [3.05, 3.63) is 16.8 Å². The van der Waals surface area contributed by atoms with Gasteiger partial charge in [0.15, 0.2) is 0 Å². The maximum atomic E-state index is 11.5. The molecule has 0 radical (unpaired) electrons. The zero-order valence-corrected chi connectivity index (χ0v) is 9.90. The standard InChI is InChI=1S/C10H20N4O/c1-8(2)11-5-9(3)6-14-10(15)13(4)7-12-14/h7-9,11H,5-6H2,1-4H3. The van der Waals surface area contributed by atoms with E-state index in [-0.39, 0.29) is 5.69 Å². The van der Waals surface area contributed by atoms with Crippen LogP contribution in [0.5, 0.6) is 0 Å². The number of aromatic nitrogens is 3. The molecule has 1 rings (SSSR count). The van der Waals surface area contributed by atoms with Crippen molar-refractivity contribution in [3.8, 4) is 0 Å². The summed E-state index contributed by atoms with van der Waals surface area (Å²) in [6.07, 6.45) is 1.55. The first-order valence-corrected chi connectivity index (χ1v) is 5.32. The fraction of sp³-hybridized carbons (Fsp3) is 0.800. The van der Waals surface area contributed by atoms with Gasteiger partial charge in [-0.05, 0) is 12.5 Å². The number of hydrogen-bond donors (Lipinski definition) is 1. The maximum absolute atomic E-state index is 11.5. The first-order chi connectivity index (χ1) is 7.00. The van der Waals surface area contributed by atoms with Gasteiger partial charge < -0.3 is 5.32 Å². The van der Waals surface area contributed by atoms with Crippen molar-refractivity contribution >= 4 is 0 Å². The molecule has 1 atom stereocenters. The molecule has 1 aromatic heterocycles. The van der Waals surface area contributed by atoms with Gasteiger partial charge in [0.2, 0.25) is 0 Å². The molecule has 0 saturated carbocycles. The second-order valence-corrected chi connectivity index (χ2v) is 4.37. The minimum atomic E-state index is -0.0496. The summed E-state index contributed by atoms with van der Waals surface area (Å²) < 4.78 is 3.00. The normalized spacial score (nSPS) is 13.4. The molecule has 0 saturated heterocycles. The van der Waals surface area contributed by atoms with Gasteiger partial charge >= 0.3 is 5.69 Å². The molecule has 5 nitrogen and oxygen atoms in total. The van der Waals surface area contributed by atoms with E-state index in [0.29, 0.717) is 18.5 Å². The zero-order valence-electron chi connectivity index (χ0n) is 9.90. The van der Waals surface area contributed by atoms with Gasteiger partial charge in [0.05, 0.1) is 6.54 Å². The average molecular weight is 212 g/mol. The molecule has 0 aromatic carbocycles. The number of nitrogens with one attached hydrogen (secondary N) is 1. The summed E-state index contributed by atoms with van der Waals surface area (Å²) in [6, 6.07) is 0.480. The third kappa shape index (κ3) is 3.51. The average Bonchev–Trinajstić information content (AvgIpc) is 2.47. The fourth-order valence-electron chi connectivity index (χ4n) is 1.34.